The Bertz CT molecular complexity index is 691. The van der Waals surface area contributed by atoms with Crippen molar-refractivity contribution in [3.8, 4) is 0 Å². The molecule has 0 atom stereocenters. The monoisotopic (exact) mass is 467 g/mol. The second-order valence-electron chi connectivity index (χ2n) is 8.87. The third-order valence-corrected chi connectivity index (χ3v) is 6.63. The highest BCUT2D eigenvalue weighted by Gasteiger charge is 2.17. The van der Waals surface area contributed by atoms with Crippen molar-refractivity contribution in [1.29, 1.82) is 0 Å². The summed E-state index contributed by atoms with van der Waals surface area (Å²) in [5.41, 5.74) is 0.669. The molecule has 0 unspecified atom stereocenters. The van der Waals surface area contributed by atoms with E-state index in [-0.39, 0.29) is 12.5 Å². The summed E-state index contributed by atoms with van der Waals surface area (Å²) in [5.74, 6) is -0.540. The quantitative estimate of drug-likeness (QED) is 0.163. The largest absolute Gasteiger partial charge is 0.311 e. The van der Waals surface area contributed by atoms with Gasteiger partial charge in [0, 0.05) is 18.7 Å². The predicted octanol–water partition coefficient (Wildman–Crippen LogP) is 7.17. The first-order chi connectivity index (χ1) is 15.4. The van der Waals surface area contributed by atoms with Gasteiger partial charge in [-0.25, -0.2) is 0 Å². The number of carbonyl (C=O) groups is 1. The SMILES string of the molecule is CCCCCCCCCCCCCCCCCC(=O)N(CCS(=O)(=O)O)c1ccccc1. The number of rotatable bonds is 20. The standard InChI is InChI=1S/C26H45NO4S/c1-2-3-4-5-6-7-8-9-10-11-12-13-14-15-19-22-26(28)27(23-24-32(29,30)31)25-20-17-16-18-21-25/h16-18,20-21H,2-15,19,22-24H2,1H3,(H,29,30,31). The molecule has 0 fully saturated rings. The topological polar surface area (TPSA) is 74.7 Å². The summed E-state index contributed by atoms with van der Waals surface area (Å²) in [7, 11) is -4.11. The molecule has 1 rings (SSSR count). The number of anilines is 1. The van der Waals surface area contributed by atoms with E-state index >= 15 is 0 Å². The van der Waals surface area contributed by atoms with Crippen LogP contribution in [0.3, 0.4) is 0 Å². The van der Waals surface area contributed by atoms with Gasteiger partial charge < -0.3 is 4.90 Å². The molecule has 0 heterocycles. The van der Waals surface area contributed by atoms with Crippen LogP contribution in [0.1, 0.15) is 110 Å². The Hall–Kier alpha value is -1.40. The van der Waals surface area contributed by atoms with Crippen molar-refractivity contribution in [3.63, 3.8) is 0 Å². The first kappa shape index (κ1) is 28.6. The third-order valence-electron chi connectivity index (χ3n) is 5.94. The predicted molar refractivity (Wildman–Crippen MR) is 135 cm³/mol. The number of benzene rings is 1. The fraction of sp³-hybridized carbons (Fsp3) is 0.731. The van der Waals surface area contributed by atoms with E-state index in [9.17, 15) is 13.2 Å². The van der Waals surface area contributed by atoms with Gasteiger partial charge in [-0.05, 0) is 18.6 Å². The van der Waals surface area contributed by atoms with Crippen LogP contribution in [0.25, 0.3) is 0 Å². The van der Waals surface area contributed by atoms with Gasteiger partial charge in [0.05, 0.1) is 5.75 Å². The van der Waals surface area contributed by atoms with E-state index < -0.39 is 15.9 Å². The summed E-state index contributed by atoms with van der Waals surface area (Å²) in [6.07, 6.45) is 19.5. The second kappa shape index (κ2) is 18.1. The van der Waals surface area contributed by atoms with Crippen LogP contribution in [-0.4, -0.2) is 31.2 Å². The highest BCUT2D eigenvalue weighted by Crippen LogP contribution is 2.17. The van der Waals surface area contributed by atoms with E-state index in [0.29, 0.717) is 12.1 Å². The van der Waals surface area contributed by atoms with E-state index in [0.717, 1.165) is 19.3 Å². The van der Waals surface area contributed by atoms with Gasteiger partial charge in [-0.1, -0.05) is 115 Å². The molecule has 0 radical (unpaired) electrons. The van der Waals surface area contributed by atoms with Crippen molar-refractivity contribution < 1.29 is 17.8 Å². The number of hydrogen-bond donors (Lipinski definition) is 1. The average Bonchev–Trinajstić information content (AvgIpc) is 2.76. The molecule has 0 aliphatic rings. The fourth-order valence-electron chi connectivity index (χ4n) is 3.99. The number of unbranched alkanes of at least 4 members (excludes halogenated alkanes) is 14. The van der Waals surface area contributed by atoms with Gasteiger partial charge >= 0.3 is 0 Å². The minimum absolute atomic E-state index is 0.0274. The van der Waals surface area contributed by atoms with Crippen LogP contribution in [-0.2, 0) is 14.9 Å². The number of hydrogen-bond acceptors (Lipinski definition) is 3. The van der Waals surface area contributed by atoms with E-state index in [1.807, 2.05) is 18.2 Å². The molecule has 32 heavy (non-hydrogen) atoms. The Morgan fingerprint density at radius 2 is 1.19 bits per heavy atom. The van der Waals surface area contributed by atoms with Crippen LogP contribution < -0.4 is 4.90 Å². The highest BCUT2D eigenvalue weighted by molar-refractivity contribution is 7.85. The van der Waals surface area contributed by atoms with Crippen LogP contribution in [0.2, 0.25) is 0 Å². The zero-order chi connectivity index (χ0) is 23.5. The molecule has 0 saturated heterocycles. The summed E-state index contributed by atoms with van der Waals surface area (Å²) < 4.78 is 31.3. The van der Waals surface area contributed by atoms with Gasteiger partial charge in [-0.2, -0.15) is 8.42 Å². The van der Waals surface area contributed by atoms with Gasteiger partial charge in [-0.15, -0.1) is 0 Å². The van der Waals surface area contributed by atoms with Crippen LogP contribution in [0.4, 0.5) is 5.69 Å². The molecule has 184 valence electrons. The molecule has 0 aliphatic heterocycles. The molecule has 1 amide bonds. The molecule has 0 aromatic heterocycles. The number of para-hydroxylation sites is 1. The molecule has 0 aliphatic carbocycles. The van der Waals surface area contributed by atoms with Crippen LogP contribution in [0.15, 0.2) is 30.3 Å². The van der Waals surface area contributed by atoms with Gasteiger partial charge in [0.25, 0.3) is 10.1 Å². The lowest BCUT2D eigenvalue weighted by Crippen LogP contribution is -2.35. The van der Waals surface area contributed by atoms with Crippen molar-refractivity contribution >= 4 is 21.7 Å². The van der Waals surface area contributed by atoms with E-state index in [2.05, 4.69) is 6.92 Å². The summed E-state index contributed by atoms with van der Waals surface area (Å²) in [4.78, 5) is 14.1. The van der Waals surface area contributed by atoms with Crippen molar-refractivity contribution in [2.45, 2.75) is 110 Å². The maximum absolute atomic E-state index is 12.6. The molecule has 1 aromatic rings. The molecule has 0 saturated carbocycles. The Kier molecular flexibility index (Phi) is 16.2. The third kappa shape index (κ3) is 15.4. The first-order valence-electron chi connectivity index (χ1n) is 12.7. The van der Waals surface area contributed by atoms with E-state index in [1.54, 1.807) is 12.1 Å². The molecular weight excluding hydrogens is 422 g/mol. The summed E-state index contributed by atoms with van der Waals surface area (Å²) in [5, 5.41) is 0. The summed E-state index contributed by atoms with van der Waals surface area (Å²) in [6, 6.07) is 9.06. The summed E-state index contributed by atoms with van der Waals surface area (Å²) in [6.45, 7) is 2.23. The average molecular weight is 468 g/mol. The van der Waals surface area contributed by atoms with Crippen molar-refractivity contribution in [3.05, 3.63) is 30.3 Å². The van der Waals surface area contributed by atoms with Gasteiger partial charge in [0.1, 0.15) is 0 Å². The lowest BCUT2D eigenvalue weighted by atomic mass is 10.0. The number of amides is 1. The zero-order valence-corrected chi connectivity index (χ0v) is 21.0. The molecule has 0 bridgehead atoms. The molecule has 1 aromatic carbocycles. The Morgan fingerprint density at radius 1 is 0.750 bits per heavy atom. The minimum atomic E-state index is -4.11. The van der Waals surface area contributed by atoms with Crippen LogP contribution in [0.5, 0.6) is 0 Å². The number of nitrogens with zero attached hydrogens (tertiary/aromatic N) is 1. The number of carbonyl (C=O) groups excluding carboxylic acids is 1. The molecule has 6 heteroatoms. The Labute approximate surface area is 196 Å². The molecule has 1 N–H and O–H groups in total. The van der Waals surface area contributed by atoms with Gasteiger partial charge in [0.15, 0.2) is 0 Å². The van der Waals surface area contributed by atoms with E-state index in [4.69, 9.17) is 4.55 Å². The van der Waals surface area contributed by atoms with E-state index in [1.165, 1.54) is 81.9 Å². The lowest BCUT2D eigenvalue weighted by molar-refractivity contribution is -0.118. The minimum Gasteiger partial charge on any atom is -0.311 e. The Morgan fingerprint density at radius 3 is 1.62 bits per heavy atom. The lowest BCUT2D eigenvalue weighted by Gasteiger charge is -2.22. The highest BCUT2D eigenvalue weighted by atomic mass is 32.2. The van der Waals surface area contributed by atoms with Crippen LogP contribution >= 0.6 is 0 Å². The second-order valence-corrected chi connectivity index (χ2v) is 10.4. The maximum Gasteiger partial charge on any atom is 0.266 e. The molecule has 5 nitrogen and oxygen atoms in total. The van der Waals surface area contributed by atoms with Crippen molar-refractivity contribution in [1.82, 2.24) is 0 Å². The first-order valence-corrected chi connectivity index (χ1v) is 14.4. The Balaban J connectivity index is 2.09. The maximum atomic E-state index is 12.6. The van der Waals surface area contributed by atoms with Crippen LogP contribution in [0, 0.1) is 0 Å². The zero-order valence-electron chi connectivity index (χ0n) is 20.1. The normalized spacial score (nSPS) is 11.6. The van der Waals surface area contributed by atoms with Crippen molar-refractivity contribution in [2.75, 3.05) is 17.2 Å². The molecule has 0 spiro atoms. The summed E-state index contributed by atoms with van der Waals surface area (Å²) >= 11 is 0. The molecular formula is C26H45NO4S. The van der Waals surface area contributed by atoms with Gasteiger partial charge in [-0.3, -0.25) is 9.35 Å². The smallest absolute Gasteiger partial charge is 0.266 e. The van der Waals surface area contributed by atoms with Crippen molar-refractivity contribution in [2.24, 2.45) is 0 Å². The van der Waals surface area contributed by atoms with Gasteiger partial charge in [0.2, 0.25) is 5.91 Å². The fourth-order valence-corrected chi connectivity index (χ4v) is 4.41.